The number of fused-ring (bicyclic) bond motifs is 1. The predicted octanol–water partition coefficient (Wildman–Crippen LogP) is 3.10. The zero-order chi connectivity index (χ0) is 13.1. The second kappa shape index (κ2) is 5.12. The summed E-state index contributed by atoms with van der Waals surface area (Å²) in [6.07, 6.45) is 3.49. The molecule has 0 aliphatic carbocycles. The minimum atomic E-state index is -0.285. The first-order valence-corrected chi connectivity index (χ1v) is 6.19. The molecular weight excluding hydrogens is 228 g/mol. The summed E-state index contributed by atoms with van der Waals surface area (Å²) in [5.41, 5.74) is 7.78. The first-order valence-electron chi connectivity index (χ1n) is 6.19. The quantitative estimate of drug-likeness (QED) is 0.643. The number of hydrogen-bond donors (Lipinski definition) is 2. The van der Waals surface area contributed by atoms with E-state index in [1.807, 2.05) is 19.1 Å². The molecule has 0 fully saturated rings. The number of hydrogen-bond acceptors (Lipinski definition) is 3. The Morgan fingerprint density at radius 3 is 3.00 bits per heavy atom. The molecule has 1 heterocycles. The van der Waals surface area contributed by atoms with E-state index in [2.05, 4.69) is 11.9 Å². The SMILES string of the molecule is CCCC(C)OC(=O)c1c[nH]c2cc(N)ccc12. The second-order valence-electron chi connectivity index (χ2n) is 4.51. The van der Waals surface area contributed by atoms with Crippen LogP contribution in [0.15, 0.2) is 24.4 Å². The molecule has 0 saturated heterocycles. The van der Waals surface area contributed by atoms with Gasteiger partial charge in [0.2, 0.25) is 0 Å². The van der Waals surface area contributed by atoms with Gasteiger partial charge in [-0.2, -0.15) is 0 Å². The molecule has 96 valence electrons. The molecule has 0 amide bonds. The van der Waals surface area contributed by atoms with E-state index in [1.165, 1.54) is 0 Å². The predicted molar refractivity (Wildman–Crippen MR) is 72.5 cm³/mol. The number of H-pyrrole nitrogens is 1. The average molecular weight is 246 g/mol. The third-order valence-electron chi connectivity index (χ3n) is 2.93. The summed E-state index contributed by atoms with van der Waals surface area (Å²) in [4.78, 5) is 15.1. The standard InChI is InChI=1S/C14H18N2O2/c1-3-4-9(2)18-14(17)12-8-16-13-7-10(15)5-6-11(12)13/h5-9,16H,3-4,15H2,1-2H3. The van der Waals surface area contributed by atoms with Crippen LogP contribution >= 0.6 is 0 Å². The van der Waals surface area contributed by atoms with Gasteiger partial charge in [0, 0.05) is 22.8 Å². The second-order valence-corrected chi connectivity index (χ2v) is 4.51. The van der Waals surface area contributed by atoms with Crippen LogP contribution in [0.5, 0.6) is 0 Å². The van der Waals surface area contributed by atoms with Gasteiger partial charge in [0.15, 0.2) is 0 Å². The van der Waals surface area contributed by atoms with E-state index in [4.69, 9.17) is 10.5 Å². The van der Waals surface area contributed by atoms with Crippen LogP contribution in [-0.2, 0) is 4.74 Å². The Bertz CT molecular complexity index is 560. The maximum absolute atomic E-state index is 12.0. The van der Waals surface area contributed by atoms with Crippen LogP contribution in [0, 0.1) is 0 Å². The van der Waals surface area contributed by atoms with E-state index >= 15 is 0 Å². The summed E-state index contributed by atoms with van der Waals surface area (Å²) in [6.45, 7) is 3.98. The van der Waals surface area contributed by atoms with Crippen LogP contribution in [-0.4, -0.2) is 17.1 Å². The van der Waals surface area contributed by atoms with Gasteiger partial charge in [-0.05, 0) is 31.5 Å². The lowest BCUT2D eigenvalue weighted by Crippen LogP contribution is -2.14. The largest absolute Gasteiger partial charge is 0.459 e. The van der Waals surface area contributed by atoms with Gasteiger partial charge in [0.1, 0.15) is 0 Å². The van der Waals surface area contributed by atoms with Crippen molar-refractivity contribution in [2.24, 2.45) is 0 Å². The lowest BCUT2D eigenvalue weighted by atomic mass is 10.1. The van der Waals surface area contributed by atoms with E-state index < -0.39 is 0 Å². The molecule has 2 rings (SSSR count). The Balaban J connectivity index is 2.23. The van der Waals surface area contributed by atoms with Gasteiger partial charge < -0.3 is 15.5 Å². The van der Waals surface area contributed by atoms with E-state index in [0.29, 0.717) is 11.3 Å². The Labute approximate surface area is 106 Å². The number of aromatic nitrogens is 1. The van der Waals surface area contributed by atoms with Crippen LogP contribution in [0.4, 0.5) is 5.69 Å². The van der Waals surface area contributed by atoms with Crippen LogP contribution in [0.1, 0.15) is 37.0 Å². The number of carbonyl (C=O) groups is 1. The molecule has 0 aliphatic heterocycles. The first-order chi connectivity index (χ1) is 8.61. The van der Waals surface area contributed by atoms with Crippen molar-refractivity contribution in [1.82, 2.24) is 4.98 Å². The number of esters is 1. The lowest BCUT2D eigenvalue weighted by molar-refractivity contribution is 0.0326. The highest BCUT2D eigenvalue weighted by Crippen LogP contribution is 2.22. The summed E-state index contributed by atoms with van der Waals surface area (Å²) >= 11 is 0. The molecule has 0 saturated carbocycles. The van der Waals surface area contributed by atoms with Crippen LogP contribution in [0.25, 0.3) is 10.9 Å². The molecule has 1 unspecified atom stereocenters. The highest BCUT2D eigenvalue weighted by atomic mass is 16.5. The molecule has 4 heteroatoms. The number of ether oxygens (including phenoxy) is 1. The molecule has 2 aromatic rings. The number of nitrogens with one attached hydrogen (secondary N) is 1. The van der Waals surface area contributed by atoms with Crippen molar-refractivity contribution in [1.29, 1.82) is 0 Å². The monoisotopic (exact) mass is 246 g/mol. The fraction of sp³-hybridized carbons (Fsp3) is 0.357. The molecule has 1 aromatic carbocycles. The number of aromatic amines is 1. The maximum atomic E-state index is 12.0. The van der Waals surface area contributed by atoms with Crippen molar-refractivity contribution in [3.05, 3.63) is 30.0 Å². The van der Waals surface area contributed by atoms with Gasteiger partial charge >= 0.3 is 5.97 Å². The highest BCUT2D eigenvalue weighted by molar-refractivity contribution is 6.04. The van der Waals surface area contributed by atoms with Crippen molar-refractivity contribution in [3.8, 4) is 0 Å². The number of benzene rings is 1. The number of rotatable bonds is 4. The first kappa shape index (κ1) is 12.5. The summed E-state index contributed by atoms with van der Waals surface area (Å²) in [5.74, 6) is -0.285. The Hall–Kier alpha value is -1.97. The number of anilines is 1. The molecule has 0 spiro atoms. The van der Waals surface area contributed by atoms with Crippen LogP contribution < -0.4 is 5.73 Å². The Morgan fingerprint density at radius 2 is 2.28 bits per heavy atom. The highest BCUT2D eigenvalue weighted by Gasteiger charge is 2.15. The Morgan fingerprint density at radius 1 is 1.50 bits per heavy atom. The topological polar surface area (TPSA) is 68.1 Å². The molecule has 1 aromatic heterocycles. The van der Waals surface area contributed by atoms with Gasteiger partial charge in [-0.15, -0.1) is 0 Å². The maximum Gasteiger partial charge on any atom is 0.340 e. The fourth-order valence-electron chi connectivity index (χ4n) is 2.02. The molecule has 0 aliphatic rings. The van der Waals surface area contributed by atoms with Crippen molar-refractivity contribution in [2.45, 2.75) is 32.8 Å². The molecule has 18 heavy (non-hydrogen) atoms. The summed E-state index contributed by atoms with van der Waals surface area (Å²) < 4.78 is 5.38. The minimum Gasteiger partial charge on any atom is -0.459 e. The lowest BCUT2D eigenvalue weighted by Gasteiger charge is -2.11. The van der Waals surface area contributed by atoms with Crippen LogP contribution in [0.2, 0.25) is 0 Å². The van der Waals surface area contributed by atoms with Gasteiger partial charge in [-0.25, -0.2) is 4.79 Å². The molecule has 4 nitrogen and oxygen atoms in total. The van der Waals surface area contributed by atoms with Crippen molar-refractivity contribution in [2.75, 3.05) is 5.73 Å². The normalized spacial score (nSPS) is 12.6. The van der Waals surface area contributed by atoms with Gasteiger partial charge in [0.05, 0.1) is 11.7 Å². The van der Waals surface area contributed by atoms with Gasteiger partial charge in [0.25, 0.3) is 0 Å². The average Bonchev–Trinajstić information content (AvgIpc) is 2.71. The number of carbonyl (C=O) groups excluding carboxylic acids is 1. The van der Waals surface area contributed by atoms with Crippen LogP contribution in [0.3, 0.4) is 0 Å². The molecule has 0 bridgehead atoms. The summed E-state index contributed by atoms with van der Waals surface area (Å²) in [7, 11) is 0. The zero-order valence-corrected chi connectivity index (χ0v) is 10.7. The number of nitrogen functional groups attached to an aromatic ring is 1. The van der Waals surface area contributed by atoms with Gasteiger partial charge in [-0.3, -0.25) is 0 Å². The van der Waals surface area contributed by atoms with Crippen molar-refractivity contribution < 1.29 is 9.53 Å². The number of nitrogens with two attached hydrogens (primary N) is 1. The van der Waals surface area contributed by atoms with Crippen molar-refractivity contribution >= 4 is 22.6 Å². The van der Waals surface area contributed by atoms with E-state index in [1.54, 1.807) is 12.3 Å². The molecule has 1 atom stereocenters. The fourth-order valence-corrected chi connectivity index (χ4v) is 2.02. The summed E-state index contributed by atoms with van der Waals surface area (Å²) in [5, 5.41) is 0.845. The molecule has 3 N–H and O–H groups in total. The molecule has 0 radical (unpaired) electrons. The smallest absolute Gasteiger partial charge is 0.340 e. The van der Waals surface area contributed by atoms with Gasteiger partial charge in [-0.1, -0.05) is 13.3 Å². The minimum absolute atomic E-state index is 0.0544. The van der Waals surface area contributed by atoms with E-state index in [-0.39, 0.29) is 12.1 Å². The third-order valence-corrected chi connectivity index (χ3v) is 2.93. The Kier molecular flexibility index (Phi) is 3.55. The van der Waals surface area contributed by atoms with E-state index in [0.717, 1.165) is 23.7 Å². The summed E-state index contributed by atoms with van der Waals surface area (Å²) in [6, 6.07) is 5.42. The molecular formula is C14H18N2O2. The third kappa shape index (κ3) is 2.47. The van der Waals surface area contributed by atoms with E-state index in [9.17, 15) is 4.79 Å². The van der Waals surface area contributed by atoms with Crippen molar-refractivity contribution in [3.63, 3.8) is 0 Å². The zero-order valence-electron chi connectivity index (χ0n) is 10.7.